The van der Waals surface area contributed by atoms with Crippen LogP contribution in [0.4, 0.5) is 0 Å². The predicted octanol–water partition coefficient (Wildman–Crippen LogP) is 2.60. The molecule has 0 radical (unpaired) electrons. The molecule has 1 amide bonds. The lowest BCUT2D eigenvalue weighted by atomic mass is 10.0. The van der Waals surface area contributed by atoms with Crippen LogP contribution in [0.5, 0.6) is 0 Å². The van der Waals surface area contributed by atoms with E-state index >= 15 is 0 Å². The zero-order valence-electron chi connectivity index (χ0n) is 13.3. The minimum absolute atomic E-state index is 0.231. The van der Waals surface area contributed by atoms with Crippen molar-refractivity contribution >= 4 is 17.7 Å². The number of amides is 1. The maximum atomic E-state index is 12.3. The largest absolute Gasteiger partial charge is 0.342 e. The Morgan fingerprint density at radius 3 is 2.86 bits per heavy atom. The molecule has 0 bridgehead atoms. The third-order valence-electron chi connectivity index (χ3n) is 3.92. The molecule has 0 spiro atoms. The maximum Gasteiger partial charge on any atom is 0.233 e. The van der Waals surface area contributed by atoms with E-state index in [1.54, 1.807) is 0 Å². The summed E-state index contributed by atoms with van der Waals surface area (Å²) < 4.78 is 2.13. The fourth-order valence-electron chi connectivity index (χ4n) is 2.79. The molecule has 1 aromatic heterocycles. The van der Waals surface area contributed by atoms with Crippen molar-refractivity contribution in [2.45, 2.75) is 58.2 Å². The van der Waals surface area contributed by atoms with E-state index in [1.807, 2.05) is 4.90 Å². The molecule has 1 aromatic rings. The average molecular weight is 310 g/mol. The molecule has 1 aliphatic heterocycles. The first-order valence-electron chi connectivity index (χ1n) is 7.98. The van der Waals surface area contributed by atoms with E-state index in [9.17, 15) is 4.79 Å². The number of aromatic nitrogens is 3. The van der Waals surface area contributed by atoms with E-state index in [1.165, 1.54) is 18.2 Å². The third kappa shape index (κ3) is 4.22. The SMILES string of the molecule is CCCc1nnc(SCC(=O)N2CCCC(C)C2)n1CC. The standard InChI is InChI=1S/C15H26N4OS/c1-4-7-13-16-17-15(19(13)5-2)21-11-14(20)18-9-6-8-12(3)10-18/h12H,4-11H2,1-3H3. The van der Waals surface area contributed by atoms with Crippen LogP contribution in [0, 0.1) is 5.92 Å². The van der Waals surface area contributed by atoms with Gasteiger partial charge in [-0.15, -0.1) is 10.2 Å². The molecule has 0 saturated carbocycles. The number of piperidine rings is 1. The van der Waals surface area contributed by atoms with Crippen molar-refractivity contribution in [3.8, 4) is 0 Å². The highest BCUT2D eigenvalue weighted by atomic mass is 32.2. The molecule has 1 atom stereocenters. The second kappa shape index (κ2) is 7.82. The Labute approximate surface area is 131 Å². The highest BCUT2D eigenvalue weighted by Gasteiger charge is 2.21. The van der Waals surface area contributed by atoms with Gasteiger partial charge in [0.25, 0.3) is 0 Å². The van der Waals surface area contributed by atoms with E-state index in [2.05, 4.69) is 35.5 Å². The molecule has 5 nitrogen and oxygen atoms in total. The number of hydrogen-bond donors (Lipinski definition) is 0. The number of hydrogen-bond acceptors (Lipinski definition) is 4. The topological polar surface area (TPSA) is 51.0 Å². The predicted molar refractivity (Wildman–Crippen MR) is 85.4 cm³/mol. The number of likely N-dealkylation sites (tertiary alicyclic amines) is 1. The van der Waals surface area contributed by atoms with Crippen LogP contribution < -0.4 is 0 Å². The highest BCUT2D eigenvalue weighted by Crippen LogP contribution is 2.21. The third-order valence-corrected chi connectivity index (χ3v) is 4.87. The number of thioether (sulfide) groups is 1. The van der Waals surface area contributed by atoms with Crippen molar-refractivity contribution in [1.82, 2.24) is 19.7 Å². The fourth-order valence-corrected chi connectivity index (χ4v) is 3.71. The molecular formula is C15H26N4OS. The van der Waals surface area contributed by atoms with Crippen molar-refractivity contribution < 1.29 is 4.79 Å². The molecular weight excluding hydrogens is 284 g/mol. The fraction of sp³-hybridized carbons (Fsp3) is 0.800. The molecule has 2 heterocycles. The zero-order valence-corrected chi connectivity index (χ0v) is 14.2. The molecule has 2 rings (SSSR count). The number of carbonyl (C=O) groups is 1. The van der Waals surface area contributed by atoms with E-state index in [4.69, 9.17) is 0 Å². The number of aryl methyl sites for hydroxylation is 1. The van der Waals surface area contributed by atoms with Crippen LogP contribution in [-0.2, 0) is 17.8 Å². The normalized spacial score (nSPS) is 19.0. The molecule has 1 saturated heterocycles. The monoisotopic (exact) mass is 310 g/mol. The van der Waals surface area contributed by atoms with Crippen LogP contribution in [0.1, 0.15) is 45.9 Å². The van der Waals surface area contributed by atoms with Crippen molar-refractivity contribution in [2.24, 2.45) is 5.92 Å². The van der Waals surface area contributed by atoms with Gasteiger partial charge in [0, 0.05) is 26.1 Å². The first-order valence-corrected chi connectivity index (χ1v) is 8.96. The van der Waals surface area contributed by atoms with Crippen molar-refractivity contribution in [1.29, 1.82) is 0 Å². The van der Waals surface area contributed by atoms with Gasteiger partial charge in [0.05, 0.1) is 5.75 Å². The molecule has 1 aliphatic rings. The minimum Gasteiger partial charge on any atom is -0.342 e. The van der Waals surface area contributed by atoms with E-state index in [0.717, 1.165) is 49.9 Å². The second-order valence-corrected chi connectivity index (χ2v) is 6.71. The van der Waals surface area contributed by atoms with Gasteiger partial charge in [0.1, 0.15) is 5.82 Å². The Hall–Kier alpha value is -1.04. The number of rotatable bonds is 6. The van der Waals surface area contributed by atoms with Gasteiger partial charge in [-0.25, -0.2) is 0 Å². The summed E-state index contributed by atoms with van der Waals surface area (Å²) in [6, 6.07) is 0. The van der Waals surface area contributed by atoms with Gasteiger partial charge in [-0.05, 0) is 32.1 Å². The summed E-state index contributed by atoms with van der Waals surface area (Å²) in [6.45, 7) is 9.13. The van der Waals surface area contributed by atoms with Gasteiger partial charge >= 0.3 is 0 Å². The van der Waals surface area contributed by atoms with Gasteiger partial charge in [0.15, 0.2) is 5.16 Å². The molecule has 21 heavy (non-hydrogen) atoms. The molecule has 0 N–H and O–H groups in total. The van der Waals surface area contributed by atoms with Gasteiger partial charge in [0.2, 0.25) is 5.91 Å². The average Bonchev–Trinajstić information content (AvgIpc) is 2.87. The summed E-state index contributed by atoms with van der Waals surface area (Å²) in [5, 5.41) is 9.36. The van der Waals surface area contributed by atoms with Gasteiger partial charge < -0.3 is 9.47 Å². The van der Waals surface area contributed by atoms with Gasteiger partial charge in [-0.2, -0.15) is 0 Å². The Balaban J connectivity index is 1.91. The Kier molecular flexibility index (Phi) is 6.08. The Morgan fingerprint density at radius 2 is 2.19 bits per heavy atom. The first kappa shape index (κ1) is 16.3. The van der Waals surface area contributed by atoms with Crippen LogP contribution in [0.25, 0.3) is 0 Å². The van der Waals surface area contributed by atoms with E-state index < -0.39 is 0 Å². The molecule has 1 unspecified atom stereocenters. The van der Waals surface area contributed by atoms with Gasteiger partial charge in [-0.1, -0.05) is 25.6 Å². The lowest BCUT2D eigenvalue weighted by molar-refractivity contribution is -0.130. The van der Waals surface area contributed by atoms with Crippen LogP contribution in [0.3, 0.4) is 0 Å². The summed E-state index contributed by atoms with van der Waals surface area (Å²) in [5.41, 5.74) is 0. The van der Waals surface area contributed by atoms with Crippen molar-refractivity contribution in [2.75, 3.05) is 18.8 Å². The van der Waals surface area contributed by atoms with Crippen LogP contribution in [0.2, 0.25) is 0 Å². The molecule has 0 aromatic carbocycles. The Bertz CT molecular complexity index is 474. The van der Waals surface area contributed by atoms with E-state index in [-0.39, 0.29) is 5.91 Å². The smallest absolute Gasteiger partial charge is 0.233 e. The van der Waals surface area contributed by atoms with Crippen molar-refractivity contribution in [3.63, 3.8) is 0 Å². The molecule has 0 aliphatic carbocycles. The minimum atomic E-state index is 0.231. The summed E-state index contributed by atoms with van der Waals surface area (Å²) >= 11 is 1.52. The highest BCUT2D eigenvalue weighted by molar-refractivity contribution is 7.99. The summed E-state index contributed by atoms with van der Waals surface area (Å²) in [7, 11) is 0. The Morgan fingerprint density at radius 1 is 1.38 bits per heavy atom. The maximum absolute atomic E-state index is 12.3. The lowest BCUT2D eigenvalue weighted by Gasteiger charge is -2.30. The summed E-state index contributed by atoms with van der Waals surface area (Å²) in [5.74, 6) is 2.36. The van der Waals surface area contributed by atoms with Crippen LogP contribution in [-0.4, -0.2) is 44.4 Å². The van der Waals surface area contributed by atoms with E-state index in [0.29, 0.717) is 11.7 Å². The van der Waals surface area contributed by atoms with Crippen LogP contribution >= 0.6 is 11.8 Å². The summed E-state index contributed by atoms with van der Waals surface area (Å²) in [4.78, 5) is 14.3. The van der Waals surface area contributed by atoms with Gasteiger partial charge in [-0.3, -0.25) is 4.79 Å². The number of nitrogens with zero attached hydrogens (tertiary/aromatic N) is 4. The lowest BCUT2D eigenvalue weighted by Crippen LogP contribution is -2.40. The molecule has 6 heteroatoms. The molecule has 1 fully saturated rings. The number of carbonyl (C=O) groups excluding carboxylic acids is 1. The zero-order chi connectivity index (χ0) is 15.2. The first-order chi connectivity index (χ1) is 10.2. The van der Waals surface area contributed by atoms with Crippen molar-refractivity contribution in [3.05, 3.63) is 5.82 Å². The second-order valence-electron chi connectivity index (χ2n) is 5.77. The quantitative estimate of drug-likeness (QED) is 0.758. The molecule has 118 valence electrons. The summed E-state index contributed by atoms with van der Waals surface area (Å²) in [6.07, 6.45) is 4.37. The van der Waals surface area contributed by atoms with Crippen LogP contribution in [0.15, 0.2) is 5.16 Å².